The Kier molecular flexibility index (Phi) is 19.0. The van der Waals surface area contributed by atoms with E-state index in [2.05, 4.69) is 0 Å². The molecule has 50 valence electrons. The summed E-state index contributed by atoms with van der Waals surface area (Å²) in [6.45, 7) is 0. The van der Waals surface area contributed by atoms with Gasteiger partial charge in [-0.2, -0.15) is 0 Å². The van der Waals surface area contributed by atoms with Gasteiger partial charge in [0.05, 0.1) is 0 Å². The summed E-state index contributed by atoms with van der Waals surface area (Å²) < 4.78 is 0. The Labute approximate surface area is 63.1 Å². The van der Waals surface area contributed by atoms with E-state index in [4.69, 9.17) is 30.1 Å². The predicted molar refractivity (Wildman–Crippen MR) is 30.2 cm³/mol. The molecule has 0 aromatic heterocycles. The van der Waals surface area contributed by atoms with Crippen LogP contribution in [0.3, 0.4) is 0 Å². The van der Waals surface area contributed by atoms with Crippen LogP contribution < -0.4 is 0 Å². The number of carbonyl (C=O) groups is 1. The first-order valence-electron chi connectivity index (χ1n) is 1.43. The fraction of sp³-hybridized carbons (Fsp3) is 0. The van der Waals surface area contributed by atoms with Crippen molar-refractivity contribution in [3.8, 4) is 0 Å². The van der Waals surface area contributed by atoms with Gasteiger partial charge < -0.3 is 25.3 Å². The number of hydrogen-bond donors (Lipinski definition) is 5. The third kappa shape index (κ3) is 7490. The average molecular weight is 132 g/mol. The summed E-state index contributed by atoms with van der Waals surface area (Å²) in [6, 6.07) is 0. The zero-order chi connectivity index (χ0) is 7.15. The number of hydrogen-bond acceptors (Lipinski definition) is 4. The Morgan fingerprint density at radius 3 is 1.11 bits per heavy atom. The van der Waals surface area contributed by atoms with Gasteiger partial charge in [-0.3, -0.25) is 0 Å². The van der Waals surface area contributed by atoms with Gasteiger partial charge >= 0.3 is 32.3 Å². The molecule has 9 heavy (non-hydrogen) atoms. The second-order valence-corrected chi connectivity index (χ2v) is 0.629. The van der Waals surface area contributed by atoms with Crippen molar-refractivity contribution in [3.05, 3.63) is 0 Å². The Hall–Kier alpha value is -0.188. The van der Waals surface area contributed by atoms with E-state index in [0.29, 0.717) is 0 Å². The second kappa shape index (κ2) is 10.7. The molecule has 8 heteroatoms. The molecule has 0 aliphatic heterocycles. The fourth-order valence-electron chi connectivity index (χ4n) is 0. The van der Waals surface area contributed by atoms with Crippen molar-refractivity contribution >= 4 is 32.3 Å². The van der Waals surface area contributed by atoms with E-state index in [1.54, 1.807) is 0 Å². The molecule has 0 fully saturated rings. The molecule has 6 nitrogen and oxygen atoms in total. The van der Waals surface area contributed by atoms with Gasteiger partial charge in [0.25, 0.3) is 0 Å². The maximum atomic E-state index is 8.56. The molecule has 0 aliphatic rings. The van der Waals surface area contributed by atoms with Crippen LogP contribution in [0.15, 0.2) is 0 Å². The van der Waals surface area contributed by atoms with Crippen molar-refractivity contribution in [1.82, 2.24) is 0 Å². The van der Waals surface area contributed by atoms with E-state index in [0.717, 1.165) is 0 Å². The summed E-state index contributed by atoms with van der Waals surface area (Å²) >= 11 is 0. The average Bonchev–Trinajstić information content (AvgIpc) is 1.25. The fourth-order valence-corrected chi connectivity index (χ4v) is 0. The zero-order valence-electron chi connectivity index (χ0n) is 3.72. The van der Waals surface area contributed by atoms with Crippen LogP contribution in [0.5, 0.6) is 0 Å². The minimum atomic E-state index is -2.17. The van der Waals surface area contributed by atoms with E-state index in [1.165, 1.54) is 0 Å². The van der Waals surface area contributed by atoms with Crippen molar-refractivity contribution in [2.45, 2.75) is 0 Å². The molecule has 0 rings (SSSR count). The SMILES string of the molecule is O=C(O)O.OB(O)O.[LiH]. The second-order valence-electron chi connectivity index (χ2n) is 0.629. The summed E-state index contributed by atoms with van der Waals surface area (Å²) in [5.74, 6) is 0. The van der Waals surface area contributed by atoms with Gasteiger partial charge in [0, 0.05) is 0 Å². The normalized spacial score (nSPS) is 5.67. The molecule has 0 saturated carbocycles. The molecule has 0 bridgehead atoms. The summed E-state index contributed by atoms with van der Waals surface area (Å²) in [5.41, 5.74) is 0. The molecular weight excluding hydrogens is 126 g/mol. The zero-order valence-corrected chi connectivity index (χ0v) is 3.72. The van der Waals surface area contributed by atoms with Crippen molar-refractivity contribution in [3.63, 3.8) is 0 Å². The summed E-state index contributed by atoms with van der Waals surface area (Å²) in [6.07, 6.45) is -1.83. The molecule has 0 aromatic carbocycles. The summed E-state index contributed by atoms with van der Waals surface area (Å²) in [7, 11) is -2.17. The van der Waals surface area contributed by atoms with Gasteiger partial charge in [-0.05, 0) is 0 Å². The topological polar surface area (TPSA) is 118 Å². The van der Waals surface area contributed by atoms with Crippen LogP contribution in [-0.2, 0) is 0 Å². The molecule has 0 atom stereocenters. The van der Waals surface area contributed by atoms with Crippen molar-refractivity contribution in [1.29, 1.82) is 0 Å². The van der Waals surface area contributed by atoms with Crippen molar-refractivity contribution in [2.24, 2.45) is 0 Å². The third-order valence-electron chi connectivity index (χ3n) is 0. The molecule has 0 heterocycles. The summed E-state index contributed by atoms with van der Waals surface area (Å²) in [5, 5.41) is 35.4. The summed E-state index contributed by atoms with van der Waals surface area (Å²) in [4.78, 5) is 8.56. The maximum absolute atomic E-state index is 8.56. The number of rotatable bonds is 0. The van der Waals surface area contributed by atoms with Crippen LogP contribution in [-0.4, -0.2) is 57.6 Å². The van der Waals surface area contributed by atoms with Crippen LogP contribution in [0.25, 0.3) is 0 Å². The van der Waals surface area contributed by atoms with Gasteiger partial charge in [-0.25, -0.2) is 4.79 Å². The van der Waals surface area contributed by atoms with Crippen molar-refractivity contribution < 1.29 is 30.1 Å². The van der Waals surface area contributed by atoms with E-state index >= 15 is 0 Å². The van der Waals surface area contributed by atoms with Gasteiger partial charge in [0.2, 0.25) is 0 Å². The molecule has 5 N–H and O–H groups in total. The van der Waals surface area contributed by atoms with E-state index in [-0.39, 0.29) is 18.9 Å². The molecule has 0 unspecified atom stereocenters. The monoisotopic (exact) mass is 132 g/mol. The van der Waals surface area contributed by atoms with E-state index < -0.39 is 13.5 Å². The Bertz CT molecular complexity index is 57.3. The van der Waals surface area contributed by atoms with Crippen LogP contribution in [0.1, 0.15) is 0 Å². The van der Waals surface area contributed by atoms with Crippen molar-refractivity contribution in [2.75, 3.05) is 0 Å². The van der Waals surface area contributed by atoms with E-state index in [9.17, 15) is 0 Å². The van der Waals surface area contributed by atoms with E-state index in [1.807, 2.05) is 0 Å². The first-order valence-corrected chi connectivity index (χ1v) is 1.43. The first-order chi connectivity index (χ1) is 3.46. The van der Waals surface area contributed by atoms with Gasteiger partial charge in [0.15, 0.2) is 0 Å². The molecule has 0 aromatic rings. The minimum absolute atomic E-state index is 0. The molecule has 0 aliphatic carbocycles. The predicted octanol–water partition coefficient (Wildman–Crippen LogP) is -2.48. The Morgan fingerprint density at radius 1 is 1.11 bits per heavy atom. The quantitative estimate of drug-likeness (QED) is 0.233. The number of carboxylic acid groups (broad SMARTS) is 2. The van der Waals surface area contributed by atoms with Crippen LogP contribution in [0, 0.1) is 0 Å². The molecule has 0 saturated heterocycles. The van der Waals surface area contributed by atoms with Gasteiger partial charge in [0.1, 0.15) is 0 Å². The van der Waals surface area contributed by atoms with Crippen LogP contribution >= 0.6 is 0 Å². The van der Waals surface area contributed by atoms with Crippen LogP contribution in [0.4, 0.5) is 4.79 Å². The Balaban J connectivity index is -0.0000000720. The molecular formula is CH6BLiO6. The molecule has 0 spiro atoms. The first kappa shape index (κ1) is 15.9. The molecule has 0 amide bonds. The Morgan fingerprint density at radius 2 is 1.11 bits per heavy atom. The third-order valence-corrected chi connectivity index (χ3v) is 0. The van der Waals surface area contributed by atoms with Gasteiger partial charge in [-0.1, -0.05) is 0 Å². The van der Waals surface area contributed by atoms with Crippen LogP contribution in [0.2, 0.25) is 0 Å². The van der Waals surface area contributed by atoms with Gasteiger partial charge in [-0.15, -0.1) is 0 Å². The molecule has 0 radical (unpaired) electrons. The standard InChI is InChI=1S/CH2O3.BH3O3.Li.H/c2*2-1(3)4;;/h(H2,2,3,4);2-4H;;.